The number of hydrogen-bond donors (Lipinski definition) is 2. The summed E-state index contributed by atoms with van der Waals surface area (Å²) in [4.78, 5) is 23.7. The predicted octanol–water partition coefficient (Wildman–Crippen LogP) is 1.47. The van der Waals surface area contributed by atoms with Gasteiger partial charge in [-0.1, -0.05) is 6.07 Å². The highest BCUT2D eigenvalue weighted by Crippen LogP contribution is 2.09. The summed E-state index contributed by atoms with van der Waals surface area (Å²) in [7, 11) is 0. The molecule has 0 fully saturated rings. The molecule has 0 bridgehead atoms. The van der Waals surface area contributed by atoms with Gasteiger partial charge in [0.1, 0.15) is 6.33 Å². The van der Waals surface area contributed by atoms with Gasteiger partial charge in [0, 0.05) is 18.0 Å². The summed E-state index contributed by atoms with van der Waals surface area (Å²) >= 11 is 1.61. The van der Waals surface area contributed by atoms with Crippen LogP contribution in [-0.4, -0.2) is 32.1 Å². The Labute approximate surface area is 129 Å². The Morgan fingerprint density at radius 3 is 3.00 bits per heavy atom. The Morgan fingerprint density at radius 2 is 2.36 bits per heavy atom. The van der Waals surface area contributed by atoms with Crippen molar-refractivity contribution in [1.29, 1.82) is 0 Å². The van der Waals surface area contributed by atoms with E-state index in [1.165, 1.54) is 10.9 Å². The summed E-state index contributed by atoms with van der Waals surface area (Å²) in [5.41, 5.74) is -0.237. The van der Waals surface area contributed by atoms with Crippen molar-refractivity contribution in [1.82, 2.24) is 19.7 Å². The summed E-state index contributed by atoms with van der Waals surface area (Å²) < 4.78 is 15.3. The normalized spacial score (nSPS) is 11.6. The zero-order chi connectivity index (χ0) is 15.9. The van der Waals surface area contributed by atoms with Crippen molar-refractivity contribution in [2.45, 2.75) is 19.5 Å². The zero-order valence-corrected chi connectivity index (χ0v) is 12.4. The monoisotopic (exact) mass is 326 g/mol. The second-order valence-electron chi connectivity index (χ2n) is 4.52. The molecule has 0 aliphatic heterocycles. The molecule has 22 heavy (non-hydrogen) atoms. The molecular formula is C13H15FN4O3S. The van der Waals surface area contributed by atoms with Gasteiger partial charge in [-0.05, 0) is 23.4 Å². The first kappa shape index (κ1) is 16.0. The Kier molecular flexibility index (Phi) is 5.48. The maximum atomic E-state index is 12.7. The van der Waals surface area contributed by atoms with E-state index >= 15 is 0 Å². The van der Waals surface area contributed by atoms with Crippen molar-refractivity contribution in [2.24, 2.45) is 0 Å². The Hall–Kier alpha value is -2.42. The molecule has 0 aliphatic rings. The third-order valence-electron chi connectivity index (χ3n) is 2.95. The molecule has 2 heterocycles. The van der Waals surface area contributed by atoms with Crippen LogP contribution in [0.2, 0.25) is 0 Å². The molecule has 2 aromatic rings. The smallest absolute Gasteiger partial charge is 0.404 e. The Morgan fingerprint density at radius 1 is 1.55 bits per heavy atom. The second kappa shape index (κ2) is 7.55. The Balaban J connectivity index is 1.97. The molecule has 2 N–H and O–H groups in total. The number of nitrogens with one attached hydrogen (secondary N) is 1. The van der Waals surface area contributed by atoms with Crippen molar-refractivity contribution in [3.8, 4) is 0 Å². The van der Waals surface area contributed by atoms with E-state index in [0.29, 0.717) is 6.54 Å². The van der Waals surface area contributed by atoms with Crippen molar-refractivity contribution < 1.29 is 14.3 Å². The number of hydrogen-bond acceptors (Lipinski definition) is 4. The average molecular weight is 326 g/mol. The average Bonchev–Trinajstić information content (AvgIpc) is 3.12. The lowest BCUT2D eigenvalue weighted by Gasteiger charge is -2.05. The van der Waals surface area contributed by atoms with Crippen LogP contribution in [0.5, 0.6) is 0 Å². The number of nitrogens with zero attached hydrogens (tertiary/aromatic N) is 3. The van der Waals surface area contributed by atoms with Crippen LogP contribution in [-0.2, 0) is 19.5 Å². The van der Waals surface area contributed by atoms with Crippen LogP contribution >= 0.6 is 11.3 Å². The number of rotatable bonds is 7. The zero-order valence-electron chi connectivity index (χ0n) is 11.6. The molecule has 2 aromatic heterocycles. The quantitative estimate of drug-likeness (QED) is 0.806. The number of carboxylic acid groups (broad SMARTS) is 1. The number of halogens is 1. The first-order valence-corrected chi connectivity index (χ1v) is 7.37. The number of aromatic nitrogens is 3. The highest BCUT2D eigenvalue weighted by molar-refractivity contribution is 7.09. The summed E-state index contributed by atoms with van der Waals surface area (Å²) in [5.74, 6) is 0. The van der Waals surface area contributed by atoms with Crippen molar-refractivity contribution in [2.75, 3.05) is 6.54 Å². The lowest BCUT2D eigenvalue weighted by molar-refractivity contribution is 0.195. The van der Waals surface area contributed by atoms with Gasteiger partial charge in [-0.25, -0.2) is 18.7 Å². The molecule has 9 heteroatoms. The van der Waals surface area contributed by atoms with Crippen LogP contribution in [0.4, 0.5) is 9.18 Å². The third kappa shape index (κ3) is 4.29. The summed E-state index contributed by atoms with van der Waals surface area (Å²) in [6.45, 7) is 0.198. The van der Waals surface area contributed by atoms with Gasteiger partial charge < -0.3 is 10.4 Å². The SMILES string of the molecule is O=C(O)NC/C(=C\F)Cn1ncn(CCc2cccs2)c1=O. The Bertz CT molecular complexity index is 705. The molecular weight excluding hydrogens is 311 g/mol. The van der Waals surface area contributed by atoms with Gasteiger partial charge in [0.2, 0.25) is 0 Å². The van der Waals surface area contributed by atoms with Crippen molar-refractivity contribution in [3.05, 3.63) is 51.1 Å². The second-order valence-corrected chi connectivity index (χ2v) is 5.55. The van der Waals surface area contributed by atoms with Crippen LogP contribution in [0.3, 0.4) is 0 Å². The molecule has 0 aliphatic carbocycles. The van der Waals surface area contributed by atoms with Gasteiger partial charge in [0.25, 0.3) is 0 Å². The molecule has 118 valence electrons. The minimum Gasteiger partial charge on any atom is -0.465 e. The molecule has 7 nitrogen and oxygen atoms in total. The number of amides is 1. The summed E-state index contributed by atoms with van der Waals surface area (Å²) in [5, 5.41) is 16.4. The predicted molar refractivity (Wildman–Crippen MR) is 79.7 cm³/mol. The maximum Gasteiger partial charge on any atom is 0.404 e. The van der Waals surface area contributed by atoms with E-state index in [9.17, 15) is 14.0 Å². The fourth-order valence-electron chi connectivity index (χ4n) is 1.83. The molecule has 0 saturated heterocycles. The van der Waals surface area contributed by atoms with Gasteiger partial charge >= 0.3 is 11.8 Å². The number of aryl methyl sites for hydroxylation is 2. The van der Waals surface area contributed by atoms with Gasteiger partial charge in [-0.15, -0.1) is 11.3 Å². The molecule has 0 unspecified atom stereocenters. The summed E-state index contributed by atoms with van der Waals surface area (Å²) in [6, 6.07) is 3.93. The lowest BCUT2D eigenvalue weighted by atomic mass is 10.3. The maximum absolute atomic E-state index is 12.7. The van der Waals surface area contributed by atoms with E-state index < -0.39 is 6.09 Å². The van der Waals surface area contributed by atoms with Crippen LogP contribution in [0.25, 0.3) is 0 Å². The van der Waals surface area contributed by atoms with E-state index in [-0.39, 0.29) is 30.7 Å². The fourth-order valence-corrected chi connectivity index (χ4v) is 2.53. The summed E-state index contributed by atoms with van der Waals surface area (Å²) in [6.07, 6.45) is 1.15. The van der Waals surface area contributed by atoms with E-state index in [1.807, 2.05) is 22.8 Å². The topological polar surface area (TPSA) is 89.2 Å². The fraction of sp³-hybridized carbons (Fsp3) is 0.308. The standard InChI is InChI=1S/C13H15FN4O3S/c14-6-10(7-15-12(19)20)8-18-13(21)17(9-16-18)4-3-11-2-1-5-22-11/h1-2,5-6,9,15H,3-4,7-8H2,(H,19,20)/b10-6+. The van der Waals surface area contributed by atoms with E-state index in [4.69, 9.17) is 5.11 Å². The van der Waals surface area contributed by atoms with Crippen LogP contribution < -0.4 is 11.0 Å². The van der Waals surface area contributed by atoms with Crippen molar-refractivity contribution in [3.63, 3.8) is 0 Å². The molecule has 0 saturated carbocycles. The van der Waals surface area contributed by atoms with Crippen LogP contribution in [0.15, 0.2) is 40.5 Å². The number of carbonyl (C=O) groups is 1. The van der Waals surface area contributed by atoms with Crippen LogP contribution in [0, 0.1) is 0 Å². The van der Waals surface area contributed by atoms with Crippen molar-refractivity contribution >= 4 is 17.4 Å². The number of thiophene rings is 1. The molecule has 0 spiro atoms. The lowest BCUT2D eigenvalue weighted by Crippen LogP contribution is -2.29. The molecule has 1 amide bonds. The molecule has 0 aromatic carbocycles. The van der Waals surface area contributed by atoms with E-state index in [0.717, 1.165) is 16.0 Å². The first-order chi connectivity index (χ1) is 10.6. The van der Waals surface area contributed by atoms with E-state index in [1.54, 1.807) is 11.3 Å². The minimum absolute atomic E-state index is 0.0956. The van der Waals surface area contributed by atoms with Gasteiger partial charge in [-0.3, -0.25) is 4.57 Å². The highest BCUT2D eigenvalue weighted by atomic mass is 32.1. The van der Waals surface area contributed by atoms with Gasteiger partial charge in [0.05, 0.1) is 12.9 Å². The molecule has 0 atom stereocenters. The van der Waals surface area contributed by atoms with Gasteiger partial charge in [0.15, 0.2) is 0 Å². The first-order valence-electron chi connectivity index (χ1n) is 6.49. The third-order valence-corrected chi connectivity index (χ3v) is 3.89. The molecule has 2 rings (SSSR count). The van der Waals surface area contributed by atoms with Crippen LogP contribution in [0.1, 0.15) is 4.88 Å². The minimum atomic E-state index is -1.26. The van der Waals surface area contributed by atoms with Gasteiger partial charge in [-0.2, -0.15) is 5.10 Å². The largest absolute Gasteiger partial charge is 0.465 e. The highest BCUT2D eigenvalue weighted by Gasteiger charge is 2.09. The van der Waals surface area contributed by atoms with E-state index in [2.05, 4.69) is 5.10 Å². The molecule has 0 radical (unpaired) electrons.